The van der Waals surface area contributed by atoms with E-state index in [4.69, 9.17) is 0 Å². The van der Waals surface area contributed by atoms with Gasteiger partial charge in [-0.2, -0.15) is 0 Å². The summed E-state index contributed by atoms with van der Waals surface area (Å²) in [5.41, 5.74) is 1.85. The zero-order valence-corrected chi connectivity index (χ0v) is 17.5. The second kappa shape index (κ2) is 9.52. The highest BCUT2D eigenvalue weighted by Crippen LogP contribution is 2.26. The van der Waals surface area contributed by atoms with Crippen LogP contribution in [0.2, 0.25) is 0 Å². The molecule has 4 aromatic rings. The molecule has 7 nitrogen and oxygen atoms in total. The second-order valence-corrected chi connectivity index (χ2v) is 7.85. The van der Waals surface area contributed by atoms with E-state index in [2.05, 4.69) is 10.2 Å². The Morgan fingerprint density at radius 2 is 1.75 bits per heavy atom. The lowest BCUT2D eigenvalue weighted by Crippen LogP contribution is -2.07. The third-order valence-corrected chi connectivity index (χ3v) is 5.68. The summed E-state index contributed by atoms with van der Waals surface area (Å²) in [5, 5.41) is 20.0. The van der Waals surface area contributed by atoms with Gasteiger partial charge in [-0.25, -0.2) is 4.39 Å². The number of hydrogen-bond donors (Lipinski definition) is 0. The number of hydrogen-bond acceptors (Lipinski definition) is 6. The lowest BCUT2D eigenvalue weighted by molar-refractivity contribution is -0.384. The molecule has 0 unspecified atom stereocenters. The first-order valence-corrected chi connectivity index (χ1v) is 10.6. The molecule has 0 amide bonds. The molecule has 0 fully saturated rings. The number of non-ortho nitro benzene ring substituents is 1. The van der Waals surface area contributed by atoms with Crippen LogP contribution in [-0.4, -0.2) is 31.2 Å². The maximum atomic E-state index is 13.4. The third-order valence-electron chi connectivity index (χ3n) is 4.71. The number of thioether (sulfide) groups is 1. The van der Waals surface area contributed by atoms with Gasteiger partial charge >= 0.3 is 0 Å². The number of carbonyl (C=O) groups is 1. The summed E-state index contributed by atoms with van der Waals surface area (Å²) in [6.07, 6.45) is 0. The Labute approximate surface area is 187 Å². The molecular formula is C23H17FN4O3S. The molecule has 0 radical (unpaired) electrons. The van der Waals surface area contributed by atoms with E-state index in [0.717, 1.165) is 5.56 Å². The van der Waals surface area contributed by atoms with Crippen molar-refractivity contribution in [3.05, 3.63) is 106 Å². The van der Waals surface area contributed by atoms with Crippen molar-refractivity contribution >= 4 is 23.2 Å². The number of halogens is 1. The van der Waals surface area contributed by atoms with Crippen LogP contribution in [0, 0.1) is 15.9 Å². The fraction of sp³-hybridized carbons (Fsp3) is 0.0870. The van der Waals surface area contributed by atoms with E-state index < -0.39 is 4.92 Å². The average molecular weight is 448 g/mol. The minimum absolute atomic E-state index is 0.0392. The molecule has 0 atom stereocenters. The molecule has 0 bridgehead atoms. The largest absolute Gasteiger partial charge is 0.298 e. The SMILES string of the molecule is O=C(CSc1nnc(-c2ccc(F)cc2)n1Cc1ccccc1)c1cccc([N+](=O)[O-])c1. The van der Waals surface area contributed by atoms with Crippen LogP contribution < -0.4 is 0 Å². The number of nitrogens with zero attached hydrogens (tertiary/aromatic N) is 4. The first kappa shape index (κ1) is 21.4. The summed E-state index contributed by atoms with van der Waals surface area (Å²) in [5.74, 6) is -0.00667. The highest BCUT2D eigenvalue weighted by atomic mass is 32.2. The number of carbonyl (C=O) groups excluding carboxylic acids is 1. The number of Topliss-reactive ketones (excluding diaryl/α,β-unsaturated/α-hetero) is 1. The molecule has 3 aromatic carbocycles. The molecular weight excluding hydrogens is 431 g/mol. The molecule has 0 saturated carbocycles. The van der Waals surface area contributed by atoms with Gasteiger partial charge in [0.05, 0.1) is 17.2 Å². The van der Waals surface area contributed by atoms with Gasteiger partial charge < -0.3 is 0 Å². The van der Waals surface area contributed by atoms with E-state index >= 15 is 0 Å². The molecule has 9 heteroatoms. The van der Waals surface area contributed by atoms with Crippen molar-refractivity contribution in [3.8, 4) is 11.4 Å². The van der Waals surface area contributed by atoms with Crippen LogP contribution in [-0.2, 0) is 6.54 Å². The predicted molar refractivity (Wildman–Crippen MR) is 119 cm³/mol. The van der Waals surface area contributed by atoms with Gasteiger partial charge in [0.2, 0.25) is 0 Å². The van der Waals surface area contributed by atoms with Crippen LogP contribution in [0.25, 0.3) is 11.4 Å². The molecule has 0 aliphatic carbocycles. The van der Waals surface area contributed by atoms with Crippen molar-refractivity contribution in [2.24, 2.45) is 0 Å². The maximum Gasteiger partial charge on any atom is 0.270 e. The van der Waals surface area contributed by atoms with Crippen LogP contribution >= 0.6 is 11.8 Å². The Bertz CT molecular complexity index is 1260. The van der Waals surface area contributed by atoms with Crippen molar-refractivity contribution in [2.45, 2.75) is 11.7 Å². The molecule has 4 rings (SSSR count). The molecule has 1 heterocycles. The van der Waals surface area contributed by atoms with Crippen LogP contribution in [0.4, 0.5) is 10.1 Å². The van der Waals surface area contributed by atoms with Gasteiger partial charge in [-0.15, -0.1) is 10.2 Å². The summed E-state index contributed by atoms with van der Waals surface area (Å²) in [6.45, 7) is 0.466. The smallest absolute Gasteiger partial charge is 0.270 e. The molecule has 0 saturated heterocycles. The molecule has 160 valence electrons. The summed E-state index contributed by atoms with van der Waals surface area (Å²) < 4.78 is 15.2. The van der Waals surface area contributed by atoms with Crippen molar-refractivity contribution in [1.82, 2.24) is 14.8 Å². The highest BCUT2D eigenvalue weighted by Gasteiger charge is 2.18. The quantitative estimate of drug-likeness (QED) is 0.163. The topological polar surface area (TPSA) is 90.9 Å². The normalized spacial score (nSPS) is 10.8. The van der Waals surface area contributed by atoms with Gasteiger partial charge in [0.25, 0.3) is 5.69 Å². The van der Waals surface area contributed by atoms with Crippen LogP contribution in [0.5, 0.6) is 0 Å². The van der Waals surface area contributed by atoms with E-state index in [1.54, 1.807) is 18.2 Å². The molecule has 32 heavy (non-hydrogen) atoms. The summed E-state index contributed by atoms with van der Waals surface area (Å²) in [6, 6.07) is 21.3. The predicted octanol–water partition coefficient (Wildman–Crippen LogP) is 5.02. The van der Waals surface area contributed by atoms with Gasteiger partial charge in [-0.1, -0.05) is 54.2 Å². The minimum Gasteiger partial charge on any atom is -0.298 e. The van der Waals surface area contributed by atoms with E-state index in [-0.39, 0.29) is 28.6 Å². The number of rotatable bonds is 8. The van der Waals surface area contributed by atoms with Gasteiger partial charge in [-0.3, -0.25) is 19.5 Å². The molecule has 0 N–H and O–H groups in total. The van der Waals surface area contributed by atoms with Crippen LogP contribution in [0.15, 0.2) is 84.0 Å². The van der Waals surface area contributed by atoms with E-state index in [1.165, 1.54) is 42.1 Å². The second-order valence-electron chi connectivity index (χ2n) is 6.90. The maximum absolute atomic E-state index is 13.4. The highest BCUT2D eigenvalue weighted by molar-refractivity contribution is 7.99. The first-order chi connectivity index (χ1) is 15.5. The summed E-state index contributed by atoms with van der Waals surface area (Å²) in [4.78, 5) is 23.1. The van der Waals surface area contributed by atoms with Gasteiger partial charge in [0.1, 0.15) is 5.82 Å². The Hall–Kier alpha value is -3.85. The fourth-order valence-electron chi connectivity index (χ4n) is 3.12. The fourth-order valence-corrected chi connectivity index (χ4v) is 3.96. The van der Waals surface area contributed by atoms with Gasteiger partial charge in [0, 0.05) is 23.3 Å². The monoisotopic (exact) mass is 448 g/mol. The molecule has 0 aliphatic rings. The standard InChI is InChI=1S/C23H17FN4O3S/c24-19-11-9-17(10-12-19)22-25-26-23(27(22)14-16-5-2-1-3-6-16)32-15-21(29)18-7-4-8-20(13-18)28(30)31/h1-13H,14-15H2. The lowest BCUT2D eigenvalue weighted by atomic mass is 10.1. The van der Waals surface area contributed by atoms with Crippen LogP contribution in [0.3, 0.4) is 0 Å². The zero-order valence-electron chi connectivity index (χ0n) is 16.7. The zero-order chi connectivity index (χ0) is 22.5. The number of benzene rings is 3. The number of aromatic nitrogens is 3. The summed E-state index contributed by atoms with van der Waals surface area (Å²) in [7, 11) is 0. The molecule has 1 aromatic heterocycles. The Morgan fingerprint density at radius 3 is 2.47 bits per heavy atom. The van der Waals surface area contributed by atoms with Crippen molar-refractivity contribution < 1.29 is 14.1 Å². The Kier molecular flexibility index (Phi) is 6.37. The Morgan fingerprint density at radius 1 is 1.00 bits per heavy atom. The number of ketones is 1. The number of nitro benzene ring substituents is 1. The van der Waals surface area contributed by atoms with Crippen molar-refractivity contribution in [1.29, 1.82) is 0 Å². The van der Waals surface area contributed by atoms with E-state index in [9.17, 15) is 19.3 Å². The van der Waals surface area contributed by atoms with E-state index in [0.29, 0.717) is 23.1 Å². The van der Waals surface area contributed by atoms with Crippen molar-refractivity contribution in [3.63, 3.8) is 0 Å². The lowest BCUT2D eigenvalue weighted by Gasteiger charge is -2.10. The molecule has 0 aliphatic heterocycles. The summed E-state index contributed by atoms with van der Waals surface area (Å²) >= 11 is 1.20. The third kappa shape index (κ3) is 4.89. The number of nitro groups is 1. The van der Waals surface area contributed by atoms with Crippen LogP contribution in [0.1, 0.15) is 15.9 Å². The van der Waals surface area contributed by atoms with Crippen molar-refractivity contribution in [2.75, 3.05) is 5.75 Å². The van der Waals surface area contributed by atoms with Gasteiger partial charge in [-0.05, 0) is 29.8 Å². The van der Waals surface area contributed by atoms with Gasteiger partial charge in [0.15, 0.2) is 16.8 Å². The minimum atomic E-state index is -0.532. The first-order valence-electron chi connectivity index (χ1n) is 9.65. The Balaban J connectivity index is 1.60. The van der Waals surface area contributed by atoms with E-state index in [1.807, 2.05) is 34.9 Å². The average Bonchev–Trinajstić information content (AvgIpc) is 3.21. The molecule has 0 spiro atoms.